The highest BCUT2D eigenvalue weighted by Crippen LogP contribution is 2.17. The van der Waals surface area contributed by atoms with Crippen molar-refractivity contribution in [3.63, 3.8) is 0 Å². The highest BCUT2D eigenvalue weighted by molar-refractivity contribution is 6.30. The van der Waals surface area contributed by atoms with E-state index in [9.17, 15) is 0 Å². The Kier molecular flexibility index (Phi) is 12.6. The Hall–Kier alpha value is -3.13. The average Bonchev–Trinajstić information content (AvgIpc) is 2.99. The molecule has 7 heteroatoms. The van der Waals surface area contributed by atoms with Crippen LogP contribution in [0.25, 0.3) is 0 Å². The Morgan fingerprint density at radius 2 is 1.25 bits per heavy atom. The van der Waals surface area contributed by atoms with Crippen molar-refractivity contribution in [1.82, 2.24) is 30.8 Å². The van der Waals surface area contributed by atoms with Gasteiger partial charge < -0.3 is 16.0 Å². The van der Waals surface area contributed by atoms with Gasteiger partial charge in [0.25, 0.3) is 0 Å². The fourth-order valence-corrected chi connectivity index (χ4v) is 4.67. The van der Waals surface area contributed by atoms with E-state index >= 15 is 0 Å². The molecule has 0 radical (unpaired) electrons. The molecule has 2 aromatic carbocycles. The van der Waals surface area contributed by atoms with E-state index in [0.717, 1.165) is 75.3 Å². The number of nitrogens with one attached hydrogen (secondary N) is 3. The monoisotopic (exact) mass is 556 g/mol. The summed E-state index contributed by atoms with van der Waals surface area (Å²) in [4.78, 5) is 11.3. The predicted octanol–water partition coefficient (Wildman–Crippen LogP) is 5.40. The fraction of sp³-hybridized carbons (Fsp3) is 0.333. The Labute approximate surface area is 244 Å². The molecule has 4 aromatic rings. The van der Waals surface area contributed by atoms with Gasteiger partial charge in [0.15, 0.2) is 0 Å². The Morgan fingerprint density at radius 1 is 0.675 bits per heavy atom. The molecule has 4 rings (SSSR count). The summed E-state index contributed by atoms with van der Waals surface area (Å²) in [5.41, 5.74) is 6.06. The lowest BCUT2D eigenvalue weighted by atomic mass is 10.0. The zero-order chi connectivity index (χ0) is 27.8. The number of benzene rings is 2. The molecule has 40 heavy (non-hydrogen) atoms. The zero-order valence-electron chi connectivity index (χ0n) is 23.4. The molecule has 1 unspecified atom stereocenters. The number of halogens is 1. The summed E-state index contributed by atoms with van der Waals surface area (Å²) < 4.78 is 0. The van der Waals surface area contributed by atoms with Crippen LogP contribution in [0, 0.1) is 0 Å². The van der Waals surface area contributed by atoms with Gasteiger partial charge in [-0.05, 0) is 59.0 Å². The van der Waals surface area contributed by atoms with Gasteiger partial charge in [-0.2, -0.15) is 0 Å². The van der Waals surface area contributed by atoms with Crippen LogP contribution in [-0.4, -0.2) is 47.6 Å². The van der Waals surface area contributed by atoms with E-state index in [1.807, 2.05) is 48.8 Å². The molecule has 0 amide bonds. The van der Waals surface area contributed by atoms with Crippen LogP contribution in [0.5, 0.6) is 0 Å². The van der Waals surface area contributed by atoms with Crippen LogP contribution in [0.3, 0.4) is 0 Å². The SMILES string of the molecule is CC(CNCc1ccc(CN(CCNCc2ccccn2)CCNCc2ccccn2)cc1)c1ccc(Cl)cc1. The second-order valence-corrected chi connectivity index (χ2v) is 10.6. The van der Waals surface area contributed by atoms with Gasteiger partial charge in [0.1, 0.15) is 0 Å². The number of hydrogen-bond donors (Lipinski definition) is 3. The first-order valence-corrected chi connectivity index (χ1v) is 14.5. The largest absolute Gasteiger partial charge is 0.312 e. The molecular formula is C33H41ClN6. The van der Waals surface area contributed by atoms with Crippen molar-refractivity contribution in [2.24, 2.45) is 0 Å². The van der Waals surface area contributed by atoms with Crippen molar-refractivity contribution < 1.29 is 0 Å². The number of aromatic nitrogens is 2. The maximum Gasteiger partial charge on any atom is 0.0541 e. The van der Waals surface area contributed by atoms with Crippen LogP contribution < -0.4 is 16.0 Å². The van der Waals surface area contributed by atoms with Gasteiger partial charge in [0, 0.05) is 76.3 Å². The highest BCUT2D eigenvalue weighted by Gasteiger charge is 2.08. The Balaban J connectivity index is 1.23. The normalized spacial score (nSPS) is 12.1. The van der Waals surface area contributed by atoms with Gasteiger partial charge in [0.2, 0.25) is 0 Å². The van der Waals surface area contributed by atoms with E-state index in [-0.39, 0.29) is 0 Å². The summed E-state index contributed by atoms with van der Waals surface area (Å²) in [6, 6.07) is 29.2. The van der Waals surface area contributed by atoms with Crippen molar-refractivity contribution in [2.75, 3.05) is 32.7 Å². The number of pyridine rings is 2. The fourth-order valence-electron chi connectivity index (χ4n) is 4.55. The first-order valence-electron chi connectivity index (χ1n) is 14.1. The lowest BCUT2D eigenvalue weighted by molar-refractivity contribution is 0.263. The Morgan fingerprint density at radius 3 is 1.80 bits per heavy atom. The van der Waals surface area contributed by atoms with Crippen molar-refractivity contribution in [1.29, 1.82) is 0 Å². The van der Waals surface area contributed by atoms with Crippen molar-refractivity contribution in [3.8, 4) is 0 Å². The van der Waals surface area contributed by atoms with E-state index in [1.54, 1.807) is 0 Å². The molecule has 0 saturated heterocycles. The number of nitrogens with zero attached hydrogens (tertiary/aromatic N) is 3. The van der Waals surface area contributed by atoms with Gasteiger partial charge >= 0.3 is 0 Å². The predicted molar refractivity (Wildman–Crippen MR) is 165 cm³/mol. The molecule has 0 aliphatic carbocycles. The third-order valence-electron chi connectivity index (χ3n) is 6.92. The number of hydrogen-bond acceptors (Lipinski definition) is 6. The van der Waals surface area contributed by atoms with Crippen molar-refractivity contribution in [3.05, 3.63) is 130 Å². The van der Waals surface area contributed by atoms with Crippen LogP contribution in [0.1, 0.15) is 40.9 Å². The lowest BCUT2D eigenvalue weighted by Gasteiger charge is -2.23. The van der Waals surface area contributed by atoms with Crippen LogP contribution in [0.4, 0.5) is 0 Å². The average molecular weight is 557 g/mol. The number of rotatable bonds is 17. The zero-order valence-corrected chi connectivity index (χ0v) is 24.2. The molecule has 210 valence electrons. The van der Waals surface area contributed by atoms with Crippen LogP contribution in [0.15, 0.2) is 97.3 Å². The molecule has 0 saturated carbocycles. The minimum absolute atomic E-state index is 0.433. The molecule has 0 aliphatic heterocycles. The Bertz CT molecular complexity index is 1170. The molecule has 0 spiro atoms. The topological polar surface area (TPSA) is 65.1 Å². The lowest BCUT2D eigenvalue weighted by Crippen LogP contribution is -2.36. The third-order valence-corrected chi connectivity index (χ3v) is 7.17. The van der Waals surface area contributed by atoms with E-state index in [4.69, 9.17) is 11.6 Å². The summed E-state index contributed by atoms with van der Waals surface area (Å²) in [6.45, 7) is 10.2. The first kappa shape index (κ1) is 29.8. The van der Waals surface area contributed by atoms with E-state index in [0.29, 0.717) is 5.92 Å². The molecule has 2 aromatic heterocycles. The van der Waals surface area contributed by atoms with Gasteiger partial charge in [-0.15, -0.1) is 0 Å². The summed E-state index contributed by atoms with van der Waals surface area (Å²) >= 11 is 6.02. The van der Waals surface area contributed by atoms with Gasteiger partial charge in [-0.25, -0.2) is 0 Å². The second-order valence-electron chi connectivity index (χ2n) is 10.2. The standard InChI is InChI=1S/C33H41ClN6/c1-27(30-12-14-31(34)15-13-30)22-37-23-28-8-10-29(11-9-28)26-40(20-18-35-24-32-6-2-4-16-38-32)21-19-36-25-33-7-3-5-17-39-33/h2-17,27,35-37H,18-26H2,1H3. The molecule has 2 heterocycles. The van der Waals surface area contributed by atoms with Crippen LogP contribution in [0.2, 0.25) is 5.02 Å². The van der Waals surface area contributed by atoms with Crippen molar-refractivity contribution >= 4 is 11.6 Å². The van der Waals surface area contributed by atoms with Crippen LogP contribution >= 0.6 is 11.6 Å². The maximum absolute atomic E-state index is 6.02. The van der Waals surface area contributed by atoms with E-state index in [1.165, 1.54) is 16.7 Å². The molecule has 3 N–H and O–H groups in total. The second kappa shape index (κ2) is 16.9. The quantitative estimate of drug-likeness (QED) is 0.151. The molecule has 1 atom stereocenters. The smallest absolute Gasteiger partial charge is 0.0541 e. The summed E-state index contributed by atoms with van der Waals surface area (Å²) in [7, 11) is 0. The maximum atomic E-state index is 6.02. The third kappa shape index (κ3) is 10.8. The van der Waals surface area contributed by atoms with Crippen molar-refractivity contribution in [2.45, 2.75) is 39.0 Å². The van der Waals surface area contributed by atoms with E-state index < -0.39 is 0 Å². The van der Waals surface area contributed by atoms with E-state index in [2.05, 4.69) is 86.3 Å². The van der Waals surface area contributed by atoms with Crippen LogP contribution in [-0.2, 0) is 26.2 Å². The highest BCUT2D eigenvalue weighted by atomic mass is 35.5. The van der Waals surface area contributed by atoms with Gasteiger partial charge in [0.05, 0.1) is 11.4 Å². The van der Waals surface area contributed by atoms with Gasteiger partial charge in [-0.3, -0.25) is 14.9 Å². The molecule has 0 fully saturated rings. The summed E-state index contributed by atoms with van der Waals surface area (Å²) in [5, 5.41) is 11.5. The molecule has 0 aliphatic rings. The summed E-state index contributed by atoms with van der Waals surface area (Å²) in [5.74, 6) is 0.433. The first-order chi connectivity index (χ1) is 19.7. The molecule has 0 bridgehead atoms. The van der Waals surface area contributed by atoms with Gasteiger partial charge in [-0.1, -0.05) is 67.1 Å². The molecular weight excluding hydrogens is 516 g/mol. The summed E-state index contributed by atoms with van der Waals surface area (Å²) in [6.07, 6.45) is 3.69. The molecule has 6 nitrogen and oxygen atoms in total. The minimum atomic E-state index is 0.433. The minimum Gasteiger partial charge on any atom is -0.312 e.